The van der Waals surface area contributed by atoms with Gasteiger partial charge in [-0.05, 0) is 36.4 Å². The summed E-state index contributed by atoms with van der Waals surface area (Å²) in [5, 5.41) is -0.0367. The third-order valence-corrected chi connectivity index (χ3v) is 2.47. The number of allylic oxidation sites excluding steroid dienone is 1. The Kier molecular flexibility index (Phi) is 3.41. The number of amides is 1. The molecule has 1 atom stereocenters. The van der Waals surface area contributed by atoms with Gasteiger partial charge in [-0.2, -0.15) is 0 Å². The molecular formula is C8H11Cl2NO. The predicted molar refractivity (Wildman–Crippen MR) is 50.3 cm³/mol. The van der Waals surface area contributed by atoms with Crippen molar-refractivity contribution in [1.29, 1.82) is 0 Å². The van der Waals surface area contributed by atoms with Crippen molar-refractivity contribution in [3.8, 4) is 0 Å². The number of carbonyl (C=O) groups excluding carboxylic acids is 1. The van der Waals surface area contributed by atoms with Crippen LogP contribution in [0.25, 0.3) is 0 Å². The summed E-state index contributed by atoms with van der Waals surface area (Å²) in [6, 6.07) is 0. The van der Waals surface area contributed by atoms with Gasteiger partial charge in [0.15, 0.2) is 0 Å². The van der Waals surface area contributed by atoms with Crippen LogP contribution in [0.2, 0.25) is 0 Å². The Bertz CT molecular complexity index is 215. The molecule has 0 spiro atoms. The van der Waals surface area contributed by atoms with Crippen molar-refractivity contribution in [3.05, 3.63) is 11.2 Å². The quantitative estimate of drug-likeness (QED) is 0.442. The average Bonchev–Trinajstić information content (AvgIpc) is 2.10. The van der Waals surface area contributed by atoms with Crippen LogP contribution in [0.5, 0.6) is 0 Å². The molecule has 0 saturated heterocycles. The SMILES string of the molecule is CC1C=C(Cl)N(C(=O)Cl)CCC1. The van der Waals surface area contributed by atoms with Crippen LogP contribution in [0.3, 0.4) is 0 Å². The summed E-state index contributed by atoms with van der Waals surface area (Å²) in [7, 11) is 0. The monoisotopic (exact) mass is 207 g/mol. The molecule has 0 bridgehead atoms. The molecule has 1 aliphatic heterocycles. The van der Waals surface area contributed by atoms with Gasteiger partial charge in [0.05, 0.1) is 0 Å². The molecule has 1 aliphatic rings. The van der Waals surface area contributed by atoms with Crippen molar-refractivity contribution >= 4 is 28.6 Å². The Balaban J connectivity index is 2.75. The average molecular weight is 208 g/mol. The standard InChI is InChI=1S/C8H11Cl2NO/c1-6-3-2-4-11(8(10)12)7(9)5-6/h5-6H,2-4H2,1H3. The molecule has 1 heterocycles. The molecule has 0 saturated carbocycles. The fourth-order valence-electron chi connectivity index (χ4n) is 1.26. The van der Waals surface area contributed by atoms with Gasteiger partial charge in [-0.25, -0.2) is 0 Å². The van der Waals surface area contributed by atoms with E-state index in [1.165, 1.54) is 4.90 Å². The van der Waals surface area contributed by atoms with Crippen molar-refractivity contribution in [2.75, 3.05) is 6.54 Å². The van der Waals surface area contributed by atoms with E-state index in [9.17, 15) is 4.79 Å². The van der Waals surface area contributed by atoms with Crippen LogP contribution < -0.4 is 0 Å². The van der Waals surface area contributed by atoms with Crippen molar-refractivity contribution in [2.24, 2.45) is 5.92 Å². The Hall–Kier alpha value is -0.210. The summed E-state index contributed by atoms with van der Waals surface area (Å²) in [6.45, 7) is 2.70. The van der Waals surface area contributed by atoms with Crippen molar-refractivity contribution < 1.29 is 4.79 Å². The molecular weight excluding hydrogens is 197 g/mol. The van der Waals surface area contributed by atoms with Crippen LogP contribution >= 0.6 is 23.2 Å². The van der Waals surface area contributed by atoms with E-state index in [1.54, 1.807) is 0 Å². The lowest BCUT2D eigenvalue weighted by Crippen LogP contribution is -2.23. The second-order valence-corrected chi connectivity index (χ2v) is 3.72. The maximum atomic E-state index is 10.8. The van der Waals surface area contributed by atoms with E-state index in [0.717, 1.165) is 12.8 Å². The van der Waals surface area contributed by atoms with Crippen LogP contribution in [-0.4, -0.2) is 16.8 Å². The van der Waals surface area contributed by atoms with Crippen LogP contribution in [0.4, 0.5) is 4.79 Å². The highest BCUT2D eigenvalue weighted by Gasteiger charge is 2.18. The zero-order chi connectivity index (χ0) is 9.14. The molecule has 0 aliphatic carbocycles. The molecule has 0 N–H and O–H groups in total. The third kappa shape index (κ3) is 2.39. The Morgan fingerprint density at radius 3 is 3.00 bits per heavy atom. The van der Waals surface area contributed by atoms with E-state index in [4.69, 9.17) is 23.2 Å². The highest BCUT2D eigenvalue weighted by atomic mass is 35.5. The van der Waals surface area contributed by atoms with Crippen LogP contribution in [0, 0.1) is 5.92 Å². The minimum atomic E-state index is -0.495. The number of rotatable bonds is 0. The summed E-state index contributed by atoms with van der Waals surface area (Å²) in [5.74, 6) is 0.429. The first-order valence-electron chi connectivity index (χ1n) is 3.95. The maximum absolute atomic E-state index is 10.8. The summed E-state index contributed by atoms with van der Waals surface area (Å²) >= 11 is 11.2. The zero-order valence-electron chi connectivity index (χ0n) is 6.89. The largest absolute Gasteiger partial charge is 0.321 e. The fraction of sp³-hybridized carbons (Fsp3) is 0.625. The number of nitrogens with zero attached hydrogens (tertiary/aromatic N) is 1. The summed E-state index contributed by atoms with van der Waals surface area (Å²) in [6.07, 6.45) is 3.87. The number of carbonyl (C=O) groups is 1. The number of hydrogen-bond donors (Lipinski definition) is 0. The predicted octanol–water partition coefficient (Wildman–Crippen LogP) is 3.16. The van der Waals surface area contributed by atoms with Crippen molar-refractivity contribution in [3.63, 3.8) is 0 Å². The fourth-order valence-corrected chi connectivity index (χ4v) is 1.85. The van der Waals surface area contributed by atoms with Gasteiger partial charge in [0.2, 0.25) is 0 Å². The normalized spacial score (nSPS) is 24.8. The first-order chi connectivity index (χ1) is 5.61. The lowest BCUT2D eigenvalue weighted by Gasteiger charge is -2.15. The lowest BCUT2D eigenvalue weighted by atomic mass is 10.1. The van der Waals surface area contributed by atoms with E-state index in [1.807, 2.05) is 6.08 Å². The second-order valence-electron chi connectivity index (χ2n) is 3.01. The molecule has 4 heteroatoms. The van der Waals surface area contributed by atoms with E-state index < -0.39 is 5.37 Å². The first-order valence-corrected chi connectivity index (χ1v) is 4.71. The molecule has 2 nitrogen and oxygen atoms in total. The van der Waals surface area contributed by atoms with Gasteiger partial charge >= 0.3 is 5.37 Å². The topological polar surface area (TPSA) is 20.3 Å². The van der Waals surface area contributed by atoms with Crippen molar-refractivity contribution in [1.82, 2.24) is 4.90 Å². The van der Waals surface area contributed by atoms with Crippen LogP contribution in [-0.2, 0) is 0 Å². The van der Waals surface area contributed by atoms with Gasteiger partial charge in [0.25, 0.3) is 0 Å². The first kappa shape index (κ1) is 9.87. The van der Waals surface area contributed by atoms with E-state index in [-0.39, 0.29) is 0 Å². The smallest absolute Gasteiger partial charge is 0.289 e. The van der Waals surface area contributed by atoms with Crippen molar-refractivity contribution in [2.45, 2.75) is 19.8 Å². The van der Waals surface area contributed by atoms with Gasteiger partial charge in [-0.1, -0.05) is 18.5 Å². The highest BCUT2D eigenvalue weighted by molar-refractivity contribution is 6.63. The van der Waals surface area contributed by atoms with Gasteiger partial charge in [-0.15, -0.1) is 0 Å². The van der Waals surface area contributed by atoms with Crippen LogP contribution in [0.1, 0.15) is 19.8 Å². The van der Waals surface area contributed by atoms with Gasteiger partial charge in [-0.3, -0.25) is 9.69 Å². The molecule has 1 amide bonds. The molecule has 12 heavy (non-hydrogen) atoms. The summed E-state index contributed by atoms with van der Waals surface area (Å²) < 4.78 is 0. The van der Waals surface area contributed by atoms with E-state index >= 15 is 0 Å². The molecule has 1 rings (SSSR count). The second kappa shape index (κ2) is 4.15. The summed E-state index contributed by atoms with van der Waals surface area (Å²) in [4.78, 5) is 12.2. The molecule has 0 aromatic heterocycles. The molecule has 1 unspecified atom stereocenters. The molecule has 0 radical (unpaired) electrons. The summed E-state index contributed by atoms with van der Waals surface area (Å²) in [5.41, 5.74) is 0. The molecule has 0 fully saturated rings. The van der Waals surface area contributed by atoms with Gasteiger partial charge in [0, 0.05) is 6.54 Å². The minimum absolute atomic E-state index is 0.429. The molecule has 68 valence electrons. The number of halogens is 2. The van der Waals surface area contributed by atoms with E-state index in [0.29, 0.717) is 17.6 Å². The Labute approximate surface area is 82.1 Å². The Morgan fingerprint density at radius 1 is 1.75 bits per heavy atom. The maximum Gasteiger partial charge on any atom is 0.321 e. The van der Waals surface area contributed by atoms with Gasteiger partial charge < -0.3 is 0 Å². The third-order valence-electron chi connectivity index (χ3n) is 1.93. The van der Waals surface area contributed by atoms with Gasteiger partial charge in [0.1, 0.15) is 5.16 Å². The molecule has 0 aromatic carbocycles. The zero-order valence-corrected chi connectivity index (χ0v) is 8.40. The van der Waals surface area contributed by atoms with E-state index in [2.05, 4.69) is 6.92 Å². The van der Waals surface area contributed by atoms with Crippen LogP contribution in [0.15, 0.2) is 11.2 Å². The minimum Gasteiger partial charge on any atom is -0.289 e. The highest BCUT2D eigenvalue weighted by Crippen LogP contribution is 2.22. The lowest BCUT2D eigenvalue weighted by molar-refractivity contribution is 0.236. The number of hydrogen-bond acceptors (Lipinski definition) is 1. The molecule has 0 aromatic rings. The Morgan fingerprint density at radius 2 is 2.42 bits per heavy atom.